The van der Waals surface area contributed by atoms with E-state index in [4.69, 9.17) is 10.5 Å². The summed E-state index contributed by atoms with van der Waals surface area (Å²) in [5, 5.41) is 0. The number of hydrogen-bond donors (Lipinski definition) is 1. The highest BCUT2D eigenvalue weighted by molar-refractivity contribution is 5.14. The van der Waals surface area contributed by atoms with E-state index in [-0.39, 0.29) is 6.04 Å². The van der Waals surface area contributed by atoms with Gasteiger partial charge in [0.2, 0.25) is 0 Å². The van der Waals surface area contributed by atoms with Crippen LogP contribution in [0.1, 0.15) is 18.5 Å². The number of nitrogens with zero attached hydrogens (tertiary/aromatic N) is 2. The molecular formula is C12H21N3O. The largest absolute Gasteiger partial charge is 0.383 e. The number of methoxy groups -OCH3 is 1. The van der Waals surface area contributed by atoms with Crippen molar-refractivity contribution in [2.45, 2.75) is 19.0 Å². The van der Waals surface area contributed by atoms with Gasteiger partial charge in [-0.05, 0) is 25.6 Å². The molecule has 0 aliphatic rings. The lowest BCUT2D eigenvalue weighted by molar-refractivity contribution is 0.0909. The summed E-state index contributed by atoms with van der Waals surface area (Å²) in [6, 6.07) is 4.52. The van der Waals surface area contributed by atoms with Gasteiger partial charge in [0.05, 0.1) is 6.61 Å². The molecular weight excluding hydrogens is 202 g/mol. The number of likely N-dealkylation sites (N-methyl/N-ethyl adjacent to an activating group) is 1. The van der Waals surface area contributed by atoms with Gasteiger partial charge in [-0.3, -0.25) is 9.88 Å². The third-order valence-corrected chi connectivity index (χ3v) is 2.89. The minimum atomic E-state index is 0.193. The molecule has 16 heavy (non-hydrogen) atoms. The summed E-state index contributed by atoms with van der Waals surface area (Å²) >= 11 is 0. The third-order valence-electron chi connectivity index (χ3n) is 2.89. The topological polar surface area (TPSA) is 51.4 Å². The van der Waals surface area contributed by atoms with Crippen LogP contribution < -0.4 is 5.73 Å². The molecule has 1 aromatic rings. The number of nitrogens with two attached hydrogens (primary N) is 1. The van der Waals surface area contributed by atoms with Gasteiger partial charge in [-0.15, -0.1) is 0 Å². The molecule has 1 aromatic heterocycles. The summed E-state index contributed by atoms with van der Waals surface area (Å²) in [4.78, 5) is 6.35. The summed E-state index contributed by atoms with van der Waals surface area (Å²) in [7, 11) is 3.78. The van der Waals surface area contributed by atoms with E-state index in [1.54, 1.807) is 13.3 Å². The number of pyridine rings is 1. The zero-order chi connectivity index (χ0) is 12.0. The van der Waals surface area contributed by atoms with E-state index < -0.39 is 0 Å². The zero-order valence-corrected chi connectivity index (χ0v) is 10.3. The fraction of sp³-hybridized carbons (Fsp3) is 0.583. The third kappa shape index (κ3) is 3.27. The predicted molar refractivity (Wildman–Crippen MR) is 65.1 cm³/mol. The van der Waals surface area contributed by atoms with Crippen molar-refractivity contribution in [3.05, 3.63) is 30.1 Å². The van der Waals surface area contributed by atoms with Crippen molar-refractivity contribution in [1.82, 2.24) is 9.88 Å². The summed E-state index contributed by atoms with van der Waals surface area (Å²) in [5.74, 6) is 0. The Balaban J connectivity index is 2.74. The molecule has 90 valence electrons. The van der Waals surface area contributed by atoms with Crippen LogP contribution in [0.2, 0.25) is 0 Å². The van der Waals surface area contributed by atoms with Gasteiger partial charge in [-0.25, -0.2) is 0 Å². The standard InChI is InChI=1S/C12H21N3O/c1-10(9-16-3)15(2)12(7-13)11-5-4-6-14-8-11/h4-6,8,10,12H,7,9,13H2,1-3H3. The van der Waals surface area contributed by atoms with Gasteiger partial charge in [0.15, 0.2) is 0 Å². The Morgan fingerprint density at radius 3 is 2.81 bits per heavy atom. The molecule has 1 heterocycles. The second-order valence-corrected chi connectivity index (χ2v) is 4.01. The summed E-state index contributed by atoms with van der Waals surface area (Å²) < 4.78 is 5.16. The normalized spacial score (nSPS) is 15.1. The summed E-state index contributed by atoms with van der Waals surface area (Å²) in [6.45, 7) is 3.41. The first-order valence-corrected chi connectivity index (χ1v) is 5.51. The van der Waals surface area contributed by atoms with Crippen LogP contribution in [-0.2, 0) is 4.74 Å². The number of hydrogen-bond acceptors (Lipinski definition) is 4. The first kappa shape index (κ1) is 13.1. The van der Waals surface area contributed by atoms with E-state index >= 15 is 0 Å². The van der Waals surface area contributed by atoms with Crippen LogP contribution in [0.15, 0.2) is 24.5 Å². The second-order valence-electron chi connectivity index (χ2n) is 4.01. The van der Waals surface area contributed by atoms with Crippen LogP contribution in [0.5, 0.6) is 0 Å². The van der Waals surface area contributed by atoms with Gasteiger partial charge >= 0.3 is 0 Å². The molecule has 0 aromatic carbocycles. The lowest BCUT2D eigenvalue weighted by Gasteiger charge is -2.32. The SMILES string of the molecule is COCC(C)N(C)C(CN)c1cccnc1. The van der Waals surface area contributed by atoms with Crippen molar-refractivity contribution >= 4 is 0 Å². The van der Waals surface area contributed by atoms with Crippen LogP contribution in [0, 0.1) is 0 Å². The van der Waals surface area contributed by atoms with Gasteiger partial charge in [0, 0.05) is 38.1 Å². The van der Waals surface area contributed by atoms with E-state index in [0.29, 0.717) is 19.2 Å². The molecule has 0 saturated heterocycles. The molecule has 2 atom stereocenters. The molecule has 0 spiro atoms. The molecule has 0 saturated carbocycles. The average molecular weight is 223 g/mol. The van der Waals surface area contributed by atoms with Crippen LogP contribution in [-0.4, -0.2) is 43.2 Å². The predicted octanol–water partition coefficient (Wildman–Crippen LogP) is 1.05. The van der Waals surface area contributed by atoms with E-state index in [0.717, 1.165) is 5.56 Å². The van der Waals surface area contributed by atoms with Gasteiger partial charge in [-0.2, -0.15) is 0 Å². The molecule has 4 heteroatoms. The number of aromatic nitrogens is 1. The molecule has 4 nitrogen and oxygen atoms in total. The Morgan fingerprint density at radius 1 is 1.56 bits per heavy atom. The first-order valence-electron chi connectivity index (χ1n) is 5.51. The quantitative estimate of drug-likeness (QED) is 0.783. The van der Waals surface area contributed by atoms with Gasteiger partial charge in [0.1, 0.15) is 0 Å². The number of rotatable bonds is 6. The Bertz CT molecular complexity index is 292. The molecule has 2 unspecified atom stereocenters. The fourth-order valence-corrected chi connectivity index (χ4v) is 1.78. The second kappa shape index (κ2) is 6.58. The maximum Gasteiger partial charge on any atom is 0.0615 e. The van der Waals surface area contributed by atoms with Gasteiger partial charge in [-0.1, -0.05) is 6.07 Å². The smallest absolute Gasteiger partial charge is 0.0615 e. The minimum Gasteiger partial charge on any atom is -0.383 e. The molecule has 2 N–H and O–H groups in total. The molecule has 0 aliphatic carbocycles. The van der Waals surface area contributed by atoms with Crippen molar-refractivity contribution in [1.29, 1.82) is 0 Å². The first-order chi connectivity index (χ1) is 7.70. The Labute approximate surface area is 97.4 Å². The van der Waals surface area contributed by atoms with Crippen molar-refractivity contribution < 1.29 is 4.74 Å². The molecule has 0 aliphatic heterocycles. The Hall–Kier alpha value is -0.970. The lowest BCUT2D eigenvalue weighted by Crippen LogP contribution is -2.39. The monoisotopic (exact) mass is 223 g/mol. The summed E-state index contributed by atoms with van der Waals surface area (Å²) in [5.41, 5.74) is 6.98. The van der Waals surface area contributed by atoms with Crippen molar-refractivity contribution in [3.63, 3.8) is 0 Å². The lowest BCUT2D eigenvalue weighted by atomic mass is 10.1. The summed E-state index contributed by atoms with van der Waals surface area (Å²) in [6.07, 6.45) is 3.64. The Morgan fingerprint density at radius 2 is 2.31 bits per heavy atom. The van der Waals surface area contributed by atoms with E-state index in [2.05, 4.69) is 29.9 Å². The average Bonchev–Trinajstić information content (AvgIpc) is 2.31. The van der Waals surface area contributed by atoms with Crippen LogP contribution in [0.25, 0.3) is 0 Å². The maximum atomic E-state index is 5.83. The van der Waals surface area contributed by atoms with Gasteiger partial charge < -0.3 is 10.5 Å². The highest BCUT2D eigenvalue weighted by atomic mass is 16.5. The Kier molecular flexibility index (Phi) is 5.38. The van der Waals surface area contributed by atoms with E-state index in [1.807, 2.05) is 12.3 Å². The molecule has 0 bridgehead atoms. The van der Waals surface area contributed by atoms with Crippen molar-refractivity contribution in [3.8, 4) is 0 Å². The zero-order valence-electron chi connectivity index (χ0n) is 10.3. The molecule has 0 amide bonds. The van der Waals surface area contributed by atoms with Crippen LogP contribution >= 0.6 is 0 Å². The minimum absolute atomic E-state index is 0.193. The molecule has 1 rings (SSSR count). The van der Waals surface area contributed by atoms with Crippen molar-refractivity contribution in [2.24, 2.45) is 5.73 Å². The van der Waals surface area contributed by atoms with Crippen molar-refractivity contribution in [2.75, 3.05) is 27.3 Å². The highest BCUT2D eigenvalue weighted by Crippen LogP contribution is 2.19. The fourth-order valence-electron chi connectivity index (χ4n) is 1.78. The maximum absolute atomic E-state index is 5.83. The molecule has 0 fully saturated rings. The molecule has 0 radical (unpaired) electrons. The van der Waals surface area contributed by atoms with Crippen LogP contribution in [0.3, 0.4) is 0 Å². The number of ether oxygens (including phenoxy) is 1. The van der Waals surface area contributed by atoms with Crippen LogP contribution in [0.4, 0.5) is 0 Å². The highest BCUT2D eigenvalue weighted by Gasteiger charge is 2.20. The van der Waals surface area contributed by atoms with E-state index in [1.165, 1.54) is 0 Å². The van der Waals surface area contributed by atoms with E-state index in [9.17, 15) is 0 Å². The van der Waals surface area contributed by atoms with Gasteiger partial charge in [0.25, 0.3) is 0 Å².